The minimum Gasteiger partial charge on any atom is -0.311 e. The highest BCUT2D eigenvalue weighted by Gasteiger charge is 2.41. The Morgan fingerprint density at radius 1 is 1.14 bits per heavy atom. The molecule has 2 rings (SSSR count). The lowest BCUT2D eigenvalue weighted by Gasteiger charge is -2.50. The lowest BCUT2D eigenvalue weighted by molar-refractivity contribution is 0.101. The summed E-state index contributed by atoms with van der Waals surface area (Å²) in [4.78, 5) is 0. The van der Waals surface area contributed by atoms with Gasteiger partial charge in [0.2, 0.25) is 0 Å². The predicted molar refractivity (Wildman–Crippen MR) is 29.2 cm³/mol. The van der Waals surface area contributed by atoms with Gasteiger partial charge in [-0.05, 0) is 32.2 Å². The highest BCUT2D eigenvalue weighted by molar-refractivity contribution is 5.02. The van der Waals surface area contributed by atoms with Crippen molar-refractivity contribution in [2.24, 2.45) is 0 Å². The summed E-state index contributed by atoms with van der Waals surface area (Å²) in [5.74, 6) is 0. The van der Waals surface area contributed by atoms with E-state index in [0.717, 1.165) is 0 Å². The topological polar surface area (TPSA) is 12.0 Å². The minimum absolute atomic E-state index is 0.694. The van der Waals surface area contributed by atoms with E-state index in [1.54, 1.807) is 0 Å². The van der Waals surface area contributed by atoms with Gasteiger partial charge in [0.05, 0.1) is 0 Å². The first kappa shape index (κ1) is 3.90. The van der Waals surface area contributed by atoms with Crippen LogP contribution >= 0.6 is 0 Å². The largest absolute Gasteiger partial charge is 0.311 e. The van der Waals surface area contributed by atoms with Crippen molar-refractivity contribution in [3.63, 3.8) is 0 Å². The zero-order chi connectivity index (χ0) is 4.74. The van der Waals surface area contributed by atoms with Gasteiger partial charge in [-0.25, -0.2) is 0 Å². The van der Waals surface area contributed by atoms with Crippen LogP contribution in [0.4, 0.5) is 0 Å². The first-order valence-corrected chi connectivity index (χ1v) is 3.16. The number of hydrogen-bond acceptors (Lipinski definition) is 1. The molecule has 1 spiro atoms. The van der Waals surface area contributed by atoms with E-state index in [0.29, 0.717) is 5.54 Å². The van der Waals surface area contributed by atoms with Crippen LogP contribution in [0.25, 0.3) is 0 Å². The molecule has 0 amide bonds. The monoisotopic (exact) mass is 97.1 g/mol. The molecule has 1 heteroatoms. The summed E-state index contributed by atoms with van der Waals surface area (Å²) in [5, 5.41) is 3.46. The Bertz CT molecular complexity index is 64.7. The average molecular weight is 97.2 g/mol. The normalized spacial score (nSPS) is 34.3. The SMILES string of the molecule is C1CC2(C1)CCN2. The van der Waals surface area contributed by atoms with Crippen LogP contribution in [0.5, 0.6) is 0 Å². The first-order chi connectivity index (χ1) is 3.41. The van der Waals surface area contributed by atoms with Gasteiger partial charge in [-0.1, -0.05) is 0 Å². The van der Waals surface area contributed by atoms with E-state index < -0.39 is 0 Å². The number of rotatable bonds is 0. The van der Waals surface area contributed by atoms with E-state index in [9.17, 15) is 0 Å². The van der Waals surface area contributed by atoms with E-state index in [2.05, 4.69) is 5.32 Å². The van der Waals surface area contributed by atoms with E-state index in [4.69, 9.17) is 0 Å². The summed E-state index contributed by atoms with van der Waals surface area (Å²) in [5.41, 5.74) is 0.694. The Labute approximate surface area is 44.1 Å². The van der Waals surface area contributed by atoms with Crippen LogP contribution in [0, 0.1) is 0 Å². The quantitative estimate of drug-likeness (QED) is 0.473. The molecule has 2 aliphatic rings. The molecule has 0 atom stereocenters. The first-order valence-electron chi connectivity index (χ1n) is 3.16. The molecule has 1 saturated carbocycles. The molecule has 1 aliphatic heterocycles. The summed E-state index contributed by atoms with van der Waals surface area (Å²) in [6, 6.07) is 0. The van der Waals surface area contributed by atoms with Crippen LogP contribution in [0.1, 0.15) is 25.7 Å². The van der Waals surface area contributed by atoms with Crippen molar-refractivity contribution in [2.45, 2.75) is 31.2 Å². The lowest BCUT2D eigenvalue weighted by atomic mass is 9.70. The van der Waals surface area contributed by atoms with Crippen LogP contribution in [0.15, 0.2) is 0 Å². The number of nitrogens with one attached hydrogen (secondary N) is 1. The molecule has 7 heavy (non-hydrogen) atoms. The van der Waals surface area contributed by atoms with Crippen molar-refractivity contribution in [2.75, 3.05) is 6.54 Å². The van der Waals surface area contributed by atoms with Gasteiger partial charge < -0.3 is 5.32 Å². The third-order valence-corrected chi connectivity index (χ3v) is 2.41. The van der Waals surface area contributed by atoms with Gasteiger partial charge in [-0.3, -0.25) is 0 Å². The standard InChI is InChI=1S/C6H11N/c1-2-6(3-1)4-5-7-6/h7H,1-5H2. The van der Waals surface area contributed by atoms with Crippen LogP contribution in [0.2, 0.25) is 0 Å². The van der Waals surface area contributed by atoms with E-state index in [-0.39, 0.29) is 0 Å². The zero-order valence-electron chi connectivity index (χ0n) is 4.54. The van der Waals surface area contributed by atoms with Gasteiger partial charge in [-0.2, -0.15) is 0 Å². The molecule has 0 radical (unpaired) electrons. The Kier molecular flexibility index (Phi) is 0.571. The van der Waals surface area contributed by atoms with Crippen molar-refractivity contribution >= 4 is 0 Å². The molecule has 0 aromatic carbocycles. The highest BCUT2D eigenvalue weighted by atomic mass is 15.1. The molecule has 1 aliphatic carbocycles. The molecule has 40 valence electrons. The highest BCUT2D eigenvalue weighted by Crippen LogP contribution is 2.38. The van der Waals surface area contributed by atoms with Crippen LogP contribution in [0.3, 0.4) is 0 Å². The molecule has 1 N–H and O–H groups in total. The Hall–Kier alpha value is -0.0400. The zero-order valence-corrected chi connectivity index (χ0v) is 4.54. The second-order valence-corrected chi connectivity index (χ2v) is 2.81. The molecule has 2 fully saturated rings. The summed E-state index contributed by atoms with van der Waals surface area (Å²) in [6.07, 6.45) is 5.82. The van der Waals surface area contributed by atoms with Crippen LogP contribution < -0.4 is 5.32 Å². The van der Waals surface area contributed by atoms with Crippen molar-refractivity contribution in [3.05, 3.63) is 0 Å². The van der Waals surface area contributed by atoms with Crippen LogP contribution in [-0.4, -0.2) is 12.1 Å². The van der Waals surface area contributed by atoms with Gasteiger partial charge in [0.25, 0.3) is 0 Å². The van der Waals surface area contributed by atoms with Crippen molar-refractivity contribution in [3.8, 4) is 0 Å². The minimum atomic E-state index is 0.694. The van der Waals surface area contributed by atoms with Gasteiger partial charge in [0, 0.05) is 5.54 Å². The molecule has 0 bridgehead atoms. The Morgan fingerprint density at radius 3 is 1.86 bits per heavy atom. The fourth-order valence-corrected chi connectivity index (χ4v) is 1.51. The van der Waals surface area contributed by atoms with Gasteiger partial charge in [-0.15, -0.1) is 0 Å². The van der Waals surface area contributed by atoms with Gasteiger partial charge in [0.1, 0.15) is 0 Å². The maximum Gasteiger partial charge on any atom is 0.0193 e. The molecular formula is C6H11N. The molecule has 1 heterocycles. The Morgan fingerprint density at radius 2 is 1.86 bits per heavy atom. The smallest absolute Gasteiger partial charge is 0.0193 e. The van der Waals surface area contributed by atoms with E-state index >= 15 is 0 Å². The molecule has 0 unspecified atom stereocenters. The maximum absolute atomic E-state index is 3.46. The molecule has 1 saturated heterocycles. The van der Waals surface area contributed by atoms with Crippen molar-refractivity contribution < 1.29 is 0 Å². The predicted octanol–water partition coefficient (Wildman–Crippen LogP) is 0.902. The molecule has 1 nitrogen and oxygen atoms in total. The lowest BCUT2D eigenvalue weighted by Crippen LogP contribution is -2.61. The summed E-state index contributed by atoms with van der Waals surface area (Å²) >= 11 is 0. The van der Waals surface area contributed by atoms with E-state index in [1.807, 2.05) is 0 Å². The third-order valence-electron chi connectivity index (χ3n) is 2.41. The average Bonchev–Trinajstić information content (AvgIpc) is 1.20. The molecular weight excluding hydrogens is 86.1 g/mol. The summed E-state index contributed by atoms with van der Waals surface area (Å²) < 4.78 is 0. The van der Waals surface area contributed by atoms with Crippen molar-refractivity contribution in [1.82, 2.24) is 5.32 Å². The van der Waals surface area contributed by atoms with E-state index in [1.165, 1.54) is 32.2 Å². The third kappa shape index (κ3) is 0.367. The molecule has 0 aromatic rings. The van der Waals surface area contributed by atoms with Gasteiger partial charge >= 0.3 is 0 Å². The summed E-state index contributed by atoms with van der Waals surface area (Å²) in [7, 11) is 0. The van der Waals surface area contributed by atoms with Gasteiger partial charge in [0.15, 0.2) is 0 Å². The fraction of sp³-hybridized carbons (Fsp3) is 1.00. The second-order valence-electron chi connectivity index (χ2n) is 2.81. The molecule has 0 aromatic heterocycles. The maximum atomic E-state index is 3.46. The summed E-state index contributed by atoms with van der Waals surface area (Å²) in [6.45, 7) is 1.28. The Balaban J connectivity index is 2.00. The second kappa shape index (κ2) is 1.03. The van der Waals surface area contributed by atoms with Crippen molar-refractivity contribution in [1.29, 1.82) is 0 Å². The fourth-order valence-electron chi connectivity index (χ4n) is 1.51. The number of hydrogen-bond donors (Lipinski definition) is 1. The van der Waals surface area contributed by atoms with Crippen LogP contribution in [-0.2, 0) is 0 Å².